The Morgan fingerprint density at radius 2 is 1.95 bits per heavy atom. The number of halogens is 3. The van der Waals surface area contributed by atoms with Gasteiger partial charge in [0.2, 0.25) is 0 Å². The van der Waals surface area contributed by atoms with Gasteiger partial charge < -0.3 is 10.4 Å². The number of benzene rings is 1. The van der Waals surface area contributed by atoms with E-state index < -0.39 is 11.7 Å². The summed E-state index contributed by atoms with van der Waals surface area (Å²) in [5.41, 5.74) is 1.07. The minimum atomic E-state index is -4.36. The van der Waals surface area contributed by atoms with Crippen molar-refractivity contribution in [1.82, 2.24) is 4.98 Å². The van der Waals surface area contributed by atoms with E-state index in [2.05, 4.69) is 10.3 Å². The van der Waals surface area contributed by atoms with Gasteiger partial charge in [-0.2, -0.15) is 13.2 Å². The van der Waals surface area contributed by atoms with E-state index in [-0.39, 0.29) is 12.3 Å². The van der Waals surface area contributed by atoms with E-state index in [1.165, 1.54) is 18.3 Å². The van der Waals surface area contributed by atoms with Crippen molar-refractivity contribution in [3.8, 4) is 5.75 Å². The van der Waals surface area contributed by atoms with E-state index in [4.69, 9.17) is 5.11 Å². The lowest BCUT2D eigenvalue weighted by Gasteiger charge is -2.13. The average Bonchev–Trinajstić information content (AvgIpc) is 2.38. The van der Waals surface area contributed by atoms with E-state index in [9.17, 15) is 13.2 Å². The van der Waals surface area contributed by atoms with Crippen LogP contribution in [0.2, 0.25) is 0 Å². The second-order valence-electron chi connectivity index (χ2n) is 4.39. The van der Waals surface area contributed by atoms with Crippen LogP contribution in [0.15, 0.2) is 36.5 Å². The molecule has 20 heavy (non-hydrogen) atoms. The van der Waals surface area contributed by atoms with Gasteiger partial charge >= 0.3 is 6.18 Å². The Morgan fingerprint density at radius 1 is 1.20 bits per heavy atom. The van der Waals surface area contributed by atoms with Crippen LogP contribution in [0.1, 0.15) is 16.8 Å². The Kier molecular flexibility index (Phi) is 3.83. The summed E-state index contributed by atoms with van der Waals surface area (Å²) in [6.07, 6.45) is -3.07. The van der Waals surface area contributed by atoms with Crippen molar-refractivity contribution in [2.45, 2.75) is 19.6 Å². The molecule has 2 rings (SSSR count). The Hall–Kier alpha value is -2.24. The highest BCUT2D eigenvalue weighted by Gasteiger charge is 2.30. The molecule has 0 fully saturated rings. The zero-order valence-corrected chi connectivity index (χ0v) is 10.7. The largest absolute Gasteiger partial charge is 0.506 e. The molecule has 0 atom stereocenters. The summed E-state index contributed by atoms with van der Waals surface area (Å²) in [6, 6.07) is 6.64. The lowest BCUT2D eigenvalue weighted by atomic mass is 10.1. The van der Waals surface area contributed by atoms with E-state index in [0.717, 1.165) is 17.7 Å². The molecule has 2 N–H and O–H groups in total. The molecule has 0 radical (unpaired) electrons. The number of nitrogens with one attached hydrogen (secondary N) is 1. The van der Waals surface area contributed by atoms with E-state index in [0.29, 0.717) is 11.4 Å². The van der Waals surface area contributed by atoms with Crippen LogP contribution in [0.4, 0.5) is 18.9 Å². The molecule has 0 saturated heterocycles. The number of nitrogens with zero attached hydrogens (tertiary/aromatic N) is 1. The van der Waals surface area contributed by atoms with Crippen LogP contribution in [0.3, 0.4) is 0 Å². The summed E-state index contributed by atoms with van der Waals surface area (Å²) in [5.74, 6) is 0.0454. The highest BCUT2D eigenvalue weighted by atomic mass is 19.4. The fourth-order valence-corrected chi connectivity index (χ4v) is 1.70. The van der Waals surface area contributed by atoms with Crippen molar-refractivity contribution in [3.05, 3.63) is 53.3 Å². The van der Waals surface area contributed by atoms with Crippen molar-refractivity contribution in [1.29, 1.82) is 0 Å². The van der Waals surface area contributed by atoms with Crippen LogP contribution in [-0.4, -0.2) is 10.1 Å². The quantitative estimate of drug-likeness (QED) is 0.901. The molecule has 6 heteroatoms. The van der Waals surface area contributed by atoms with Crippen LogP contribution in [0.5, 0.6) is 5.75 Å². The van der Waals surface area contributed by atoms with Crippen LogP contribution in [-0.2, 0) is 12.7 Å². The smallest absolute Gasteiger partial charge is 0.416 e. The van der Waals surface area contributed by atoms with Crippen LogP contribution in [0, 0.1) is 6.92 Å². The maximum Gasteiger partial charge on any atom is 0.416 e. The van der Waals surface area contributed by atoms with E-state index in [1.54, 1.807) is 13.0 Å². The molecule has 106 valence electrons. The minimum Gasteiger partial charge on any atom is -0.506 e. The molecule has 1 aromatic heterocycles. The number of anilines is 1. The molecule has 0 aliphatic heterocycles. The highest BCUT2D eigenvalue weighted by Crippen LogP contribution is 2.32. The van der Waals surface area contributed by atoms with Gasteiger partial charge in [-0.3, -0.25) is 4.98 Å². The normalized spacial score (nSPS) is 11.4. The Morgan fingerprint density at radius 3 is 2.55 bits per heavy atom. The first-order valence-corrected chi connectivity index (χ1v) is 5.92. The van der Waals surface area contributed by atoms with Crippen molar-refractivity contribution in [2.24, 2.45) is 0 Å². The number of aromatic nitrogens is 1. The minimum absolute atomic E-state index is 0.0454. The first-order chi connectivity index (χ1) is 9.36. The first-order valence-electron chi connectivity index (χ1n) is 5.92. The van der Waals surface area contributed by atoms with E-state index in [1.807, 2.05) is 0 Å². The van der Waals surface area contributed by atoms with Crippen LogP contribution in [0.25, 0.3) is 0 Å². The molecule has 0 amide bonds. The van der Waals surface area contributed by atoms with Gasteiger partial charge in [0, 0.05) is 5.69 Å². The summed E-state index contributed by atoms with van der Waals surface area (Å²) in [6.45, 7) is 2.01. The van der Waals surface area contributed by atoms with Gasteiger partial charge in [0.1, 0.15) is 5.75 Å². The second-order valence-corrected chi connectivity index (χ2v) is 4.39. The summed E-state index contributed by atoms with van der Waals surface area (Å²) in [4.78, 5) is 3.96. The summed E-state index contributed by atoms with van der Waals surface area (Å²) in [5, 5.41) is 12.0. The molecule has 3 nitrogen and oxygen atoms in total. The topological polar surface area (TPSA) is 45.1 Å². The van der Waals surface area contributed by atoms with Crippen molar-refractivity contribution < 1.29 is 18.3 Å². The molecule has 0 bridgehead atoms. The lowest BCUT2D eigenvalue weighted by Crippen LogP contribution is -2.08. The SMILES string of the molecule is Cc1ccc(C(F)(F)F)cc1NCc1ccc(O)cn1. The number of aryl methyl sites for hydroxylation is 1. The van der Waals surface area contributed by atoms with Crippen LogP contribution >= 0.6 is 0 Å². The Balaban J connectivity index is 2.14. The van der Waals surface area contributed by atoms with Gasteiger partial charge in [0.15, 0.2) is 0 Å². The highest BCUT2D eigenvalue weighted by molar-refractivity contribution is 5.53. The number of hydrogen-bond donors (Lipinski definition) is 2. The third-order valence-corrected chi connectivity index (χ3v) is 2.83. The van der Waals surface area contributed by atoms with Gasteiger partial charge in [-0.1, -0.05) is 6.07 Å². The lowest BCUT2D eigenvalue weighted by molar-refractivity contribution is -0.137. The summed E-state index contributed by atoms with van der Waals surface area (Å²) < 4.78 is 37.9. The molecular weight excluding hydrogens is 269 g/mol. The average molecular weight is 282 g/mol. The third kappa shape index (κ3) is 3.40. The molecule has 0 aliphatic carbocycles. The van der Waals surface area contributed by atoms with Gasteiger partial charge in [0.25, 0.3) is 0 Å². The van der Waals surface area contributed by atoms with E-state index >= 15 is 0 Å². The number of hydrogen-bond acceptors (Lipinski definition) is 3. The zero-order valence-electron chi connectivity index (χ0n) is 10.7. The second kappa shape index (κ2) is 5.40. The van der Waals surface area contributed by atoms with Crippen molar-refractivity contribution in [3.63, 3.8) is 0 Å². The van der Waals surface area contributed by atoms with Gasteiger partial charge in [-0.05, 0) is 36.8 Å². The fourth-order valence-electron chi connectivity index (χ4n) is 1.70. The fraction of sp³-hybridized carbons (Fsp3) is 0.214. The van der Waals surface area contributed by atoms with Crippen LogP contribution < -0.4 is 5.32 Å². The molecule has 0 unspecified atom stereocenters. The Labute approximate surface area is 114 Å². The molecule has 2 aromatic rings. The molecule has 1 aromatic carbocycles. The summed E-state index contributed by atoms with van der Waals surface area (Å²) >= 11 is 0. The number of pyridine rings is 1. The van der Waals surface area contributed by atoms with Gasteiger partial charge in [0.05, 0.1) is 24.0 Å². The predicted octanol–water partition coefficient (Wildman–Crippen LogP) is 3.73. The Bertz CT molecular complexity index is 594. The third-order valence-electron chi connectivity index (χ3n) is 2.83. The zero-order chi connectivity index (χ0) is 14.8. The molecule has 0 spiro atoms. The maximum absolute atomic E-state index is 12.6. The first kappa shape index (κ1) is 14.2. The van der Waals surface area contributed by atoms with Gasteiger partial charge in [-0.25, -0.2) is 0 Å². The van der Waals surface area contributed by atoms with Crippen molar-refractivity contribution in [2.75, 3.05) is 5.32 Å². The van der Waals surface area contributed by atoms with Crippen molar-refractivity contribution >= 4 is 5.69 Å². The number of aromatic hydroxyl groups is 1. The predicted molar refractivity (Wildman–Crippen MR) is 69.4 cm³/mol. The molecular formula is C14H13F3N2O. The maximum atomic E-state index is 12.6. The molecule has 0 aliphatic rings. The molecule has 0 saturated carbocycles. The number of alkyl halides is 3. The molecule has 1 heterocycles. The monoisotopic (exact) mass is 282 g/mol. The van der Waals surface area contributed by atoms with Gasteiger partial charge in [-0.15, -0.1) is 0 Å². The number of rotatable bonds is 3. The standard InChI is InChI=1S/C14H13F3N2O/c1-9-2-3-10(14(15,16)17)6-13(9)19-7-11-4-5-12(20)8-18-11/h2-6,8,19-20H,7H2,1H3. The summed E-state index contributed by atoms with van der Waals surface area (Å²) in [7, 11) is 0.